The lowest BCUT2D eigenvalue weighted by Crippen LogP contribution is -2.54. The van der Waals surface area contributed by atoms with Crippen LogP contribution in [0, 0.1) is 23.7 Å². The van der Waals surface area contributed by atoms with Gasteiger partial charge in [-0.3, -0.25) is 9.59 Å². The molecule has 0 radical (unpaired) electrons. The van der Waals surface area contributed by atoms with Gasteiger partial charge in [0.25, 0.3) is 0 Å². The SMILES string of the molecule is CC(=O)OC12CC(=O)C3CCC(C)C3(CC1C(C)C)O2. The summed E-state index contributed by atoms with van der Waals surface area (Å²) in [5.74, 6) is -0.337. The molecule has 2 aliphatic heterocycles. The van der Waals surface area contributed by atoms with Gasteiger partial charge in [0.05, 0.1) is 12.0 Å². The number of Topliss-reactive ketones (excluding diaryl/α,β-unsaturated/α-hetero) is 1. The minimum atomic E-state index is -1.01. The van der Waals surface area contributed by atoms with Crippen molar-refractivity contribution < 1.29 is 19.1 Å². The van der Waals surface area contributed by atoms with Crippen LogP contribution in [0.4, 0.5) is 0 Å². The molecule has 2 bridgehead atoms. The predicted octanol–water partition coefficient (Wildman–Crippen LogP) is 2.70. The fourth-order valence-corrected chi connectivity index (χ4v) is 4.79. The Bertz CT molecular complexity index is 457. The third-order valence-corrected chi connectivity index (χ3v) is 5.71. The molecule has 2 saturated heterocycles. The van der Waals surface area contributed by atoms with Gasteiger partial charge < -0.3 is 9.47 Å². The number of ketones is 1. The second kappa shape index (κ2) is 4.30. The van der Waals surface area contributed by atoms with Gasteiger partial charge in [-0.2, -0.15) is 0 Å². The maximum atomic E-state index is 12.6. The fraction of sp³-hybridized carbons (Fsp3) is 0.875. The van der Waals surface area contributed by atoms with Gasteiger partial charge in [-0.1, -0.05) is 20.8 Å². The average Bonchev–Trinajstić information content (AvgIpc) is 2.77. The van der Waals surface area contributed by atoms with Crippen molar-refractivity contribution in [3.8, 4) is 0 Å². The molecule has 4 nitrogen and oxygen atoms in total. The van der Waals surface area contributed by atoms with E-state index >= 15 is 0 Å². The maximum Gasteiger partial charge on any atom is 0.305 e. The third kappa shape index (κ3) is 1.70. The van der Waals surface area contributed by atoms with E-state index < -0.39 is 5.79 Å². The minimum Gasteiger partial charge on any atom is -0.432 e. The van der Waals surface area contributed by atoms with Crippen molar-refractivity contribution in [1.82, 2.24) is 0 Å². The molecule has 2 heterocycles. The lowest BCUT2D eigenvalue weighted by molar-refractivity contribution is -0.280. The summed E-state index contributed by atoms with van der Waals surface area (Å²) in [5, 5.41) is 0. The molecule has 0 N–H and O–H groups in total. The molecule has 112 valence electrons. The summed E-state index contributed by atoms with van der Waals surface area (Å²) in [6.45, 7) is 7.81. The van der Waals surface area contributed by atoms with Crippen molar-refractivity contribution in [2.45, 2.75) is 64.8 Å². The van der Waals surface area contributed by atoms with E-state index in [-0.39, 0.29) is 35.6 Å². The summed E-state index contributed by atoms with van der Waals surface area (Å²) in [5.41, 5.74) is -0.389. The monoisotopic (exact) mass is 280 g/mol. The first kappa shape index (κ1) is 14.1. The van der Waals surface area contributed by atoms with Crippen molar-refractivity contribution >= 4 is 11.8 Å². The first-order valence-corrected chi connectivity index (χ1v) is 7.73. The predicted molar refractivity (Wildman–Crippen MR) is 72.8 cm³/mol. The molecule has 1 saturated carbocycles. The summed E-state index contributed by atoms with van der Waals surface area (Å²) in [4.78, 5) is 24.1. The molecule has 3 rings (SSSR count). The zero-order valence-electron chi connectivity index (χ0n) is 12.8. The Morgan fingerprint density at radius 1 is 1.40 bits per heavy atom. The van der Waals surface area contributed by atoms with Crippen LogP contribution in [-0.2, 0) is 19.1 Å². The quantitative estimate of drug-likeness (QED) is 0.730. The Labute approximate surface area is 120 Å². The Kier molecular flexibility index (Phi) is 3.02. The van der Waals surface area contributed by atoms with Gasteiger partial charge in [0.2, 0.25) is 5.79 Å². The molecule has 0 aromatic carbocycles. The molecule has 3 fully saturated rings. The Morgan fingerprint density at radius 3 is 2.70 bits per heavy atom. The van der Waals surface area contributed by atoms with Gasteiger partial charge in [-0.25, -0.2) is 0 Å². The van der Waals surface area contributed by atoms with Crippen LogP contribution < -0.4 is 0 Å². The molecule has 0 aromatic rings. The lowest BCUT2D eigenvalue weighted by Gasteiger charge is -2.43. The largest absolute Gasteiger partial charge is 0.432 e. The molecule has 5 atom stereocenters. The Balaban J connectivity index is 2.05. The van der Waals surface area contributed by atoms with Crippen molar-refractivity contribution in [3.05, 3.63) is 0 Å². The average molecular weight is 280 g/mol. The summed E-state index contributed by atoms with van der Waals surface area (Å²) < 4.78 is 12.0. The van der Waals surface area contributed by atoms with E-state index in [0.29, 0.717) is 11.8 Å². The van der Waals surface area contributed by atoms with Crippen LogP contribution in [0.1, 0.15) is 53.4 Å². The summed E-state index contributed by atoms with van der Waals surface area (Å²) in [6, 6.07) is 0. The number of rotatable bonds is 2. The van der Waals surface area contributed by atoms with Gasteiger partial charge in [-0.05, 0) is 31.1 Å². The highest BCUT2D eigenvalue weighted by molar-refractivity contribution is 5.85. The van der Waals surface area contributed by atoms with E-state index in [1.54, 1.807) is 0 Å². The van der Waals surface area contributed by atoms with E-state index in [4.69, 9.17) is 9.47 Å². The Hall–Kier alpha value is -0.900. The molecule has 4 heteroatoms. The number of carbonyl (C=O) groups is 2. The van der Waals surface area contributed by atoms with Gasteiger partial charge in [0, 0.05) is 18.8 Å². The van der Waals surface area contributed by atoms with E-state index in [9.17, 15) is 9.59 Å². The molecule has 3 aliphatic rings. The zero-order valence-corrected chi connectivity index (χ0v) is 12.8. The normalized spacial score (nSPS) is 46.6. The van der Waals surface area contributed by atoms with Gasteiger partial charge >= 0.3 is 5.97 Å². The van der Waals surface area contributed by atoms with Crippen molar-refractivity contribution in [1.29, 1.82) is 0 Å². The van der Waals surface area contributed by atoms with Crippen molar-refractivity contribution in [2.24, 2.45) is 23.7 Å². The summed E-state index contributed by atoms with van der Waals surface area (Å²) in [6.07, 6.45) is 3.02. The minimum absolute atomic E-state index is 0.00457. The molecule has 1 aliphatic carbocycles. The molecular formula is C16H24O4. The van der Waals surface area contributed by atoms with Crippen LogP contribution in [0.15, 0.2) is 0 Å². The highest BCUT2D eigenvalue weighted by Crippen LogP contribution is 2.62. The number of hydrogen-bond acceptors (Lipinski definition) is 4. The van der Waals surface area contributed by atoms with Crippen LogP contribution in [0.3, 0.4) is 0 Å². The molecule has 20 heavy (non-hydrogen) atoms. The van der Waals surface area contributed by atoms with Crippen molar-refractivity contribution in [3.63, 3.8) is 0 Å². The second-order valence-corrected chi connectivity index (χ2v) is 7.19. The maximum absolute atomic E-state index is 12.6. The van der Waals surface area contributed by atoms with E-state index in [1.165, 1.54) is 6.92 Å². The second-order valence-electron chi connectivity index (χ2n) is 7.19. The van der Waals surface area contributed by atoms with Crippen molar-refractivity contribution in [2.75, 3.05) is 0 Å². The number of ether oxygens (including phenoxy) is 2. The molecule has 5 unspecified atom stereocenters. The molecular weight excluding hydrogens is 256 g/mol. The van der Waals surface area contributed by atoms with Crippen LogP contribution in [-0.4, -0.2) is 23.1 Å². The smallest absolute Gasteiger partial charge is 0.305 e. The summed E-state index contributed by atoms with van der Waals surface area (Å²) in [7, 11) is 0. The molecule has 1 spiro atoms. The highest BCUT2D eigenvalue weighted by atomic mass is 16.7. The summed E-state index contributed by atoms with van der Waals surface area (Å²) >= 11 is 0. The van der Waals surface area contributed by atoms with E-state index in [0.717, 1.165) is 19.3 Å². The third-order valence-electron chi connectivity index (χ3n) is 5.71. The highest BCUT2D eigenvalue weighted by Gasteiger charge is 2.70. The Morgan fingerprint density at radius 2 is 2.10 bits per heavy atom. The van der Waals surface area contributed by atoms with Gasteiger partial charge in [0.15, 0.2) is 0 Å². The van der Waals surface area contributed by atoms with Crippen LogP contribution in [0.2, 0.25) is 0 Å². The van der Waals surface area contributed by atoms with Crippen LogP contribution in [0.5, 0.6) is 0 Å². The van der Waals surface area contributed by atoms with E-state index in [1.807, 2.05) is 0 Å². The van der Waals surface area contributed by atoms with Crippen LogP contribution >= 0.6 is 0 Å². The number of fused-ring (bicyclic) bond motifs is 1. The number of esters is 1. The fourth-order valence-electron chi connectivity index (χ4n) is 4.79. The zero-order chi connectivity index (χ0) is 14.7. The first-order chi connectivity index (χ1) is 9.31. The molecule has 0 aromatic heterocycles. The van der Waals surface area contributed by atoms with Crippen LogP contribution in [0.25, 0.3) is 0 Å². The van der Waals surface area contributed by atoms with E-state index in [2.05, 4.69) is 20.8 Å². The number of hydrogen-bond donors (Lipinski definition) is 0. The van der Waals surface area contributed by atoms with Gasteiger partial charge in [0.1, 0.15) is 5.78 Å². The van der Waals surface area contributed by atoms with Gasteiger partial charge in [-0.15, -0.1) is 0 Å². The molecule has 0 amide bonds. The first-order valence-electron chi connectivity index (χ1n) is 7.73. The number of carbonyl (C=O) groups excluding carboxylic acids is 2. The standard InChI is InChI=1S/C16H24O4/c1-9(2)13-7-15-10(3)5-6-12(15)14(18)8-16(13,20-15)19-11(4)17/h9-10,12-13H,5-8H2,1-4H3. The lowest BCUT2D eigenvalue weighted by atomic mass is 9.78. The topological polar surface area (TPSA) is 52.6 Å².